The molecule has 3 nitrogen and oxygen atoms in total. The highest BCUT2D eigenvalue weighted by Crippen LogP contribution is 1.94. The van der Waals surface area contributed by atoms with E-state index in [-0.39, 0.29) is 5.89 Å². The summed E-state index contributed by atoms with van der Waals surface area (Å²) in [6, 6.07) is 0. The van der Waals surface area contributed by atoms with Gasteiger partial charge < -0.3 is 4.42 Å². The molecule has 0 unspecified atom stereocenters. The summed E-state index contributed by atoms with van der Waals surface area (Å²) < 4.78 is 4.61. The highest BCUT2D eigenvalue weighted by atomic mass is 16.3. The Kier molecular flexibility index (Phi) is 1.44. The molecule has 1 radical (unpaired) electrons. The Balaban J connectivity index is 2.89. The SMILES string of the molecule is [CH]=CC(=O)c1ncco1. The highest BCUT2D eigenvalue weighted by molar-refractivity contribution is 6.00. The Hall–Kier alpha value is -1.38. The van der Waals surface area contributed by atoms with Crippen molar-refractivity contribution in [3.05, 3.63) is 31.0 Å². The zero-order valence-electron chi connectivity index (χ0n) is 4.57. The highest BCUT2D eigenvalue weighted by Gasteiger charge is 2.03. The molecule has 0 bridgehead atoms. The van der Waals surface area contributed by atoms with E-state index in [1.807, 2.05) is 0 Å². The number of hydrogen-bond donors (Lipinski definition) is 0. The molecule has 0 aromatic carbocycles. The van der Waals surface area contributed by atoms with Gasteiger partial charge in [-0.1, -0.05) is 6.58 Å². The molecule has 0 aliphatic heterocycles. The van der Waals surface area contributed by atoms with E-state index in [0.717, 1.165) is 6.08 Å². The molecule has 9 heavy (non-hydrogen) atoms. The Bertz CT molecular complexity index is 213. The lowest BCUT2D eigenvalue weighted by Gasteiger charge is -1.80. The minimum Gasteiger partial charge on any atom is -0.442 e. The van der Waals surface area contributed by atoms with Crippen molar-refractivity contribution in [3.8, 4) is 0 Å². The summed E-state index contributed by atoms with van der Waals surface area (Å²) in [5.74, 6) is -0.377. The Morgan fingerprint density at radius 1 is 1.89 bits per heavy atom. The molecular weight excluding hydrogens is 118 g/mol. The van der Waals surface area contributed by atoms with Crippen molar-refractivity contribution in [1.29, 1.82) is 0 Å². The summed E-state index contributed by atoms with van der Waals surface area (Å²) >= 11 is 0. The van der Waals surface area contributed by atoms with E-state index < -0.39 is 5.78 Å². The minimum absolute atomic E-state index is 0.0255. The third kappa shape index (κ3) is 1.05. The fraction of sp³-hybridized carbons (Fsp3) is 0. The van der Waals surface area contributed by atoms with Gasteiger partial charge in [0.1, 0.15) is 6.26 Å². The molecule has 0 saturated heterocycles. The number of nitrogens with zero attached hydrogens (tertiary/aromatic N) is 1. The normalized spacial score (nSPS) is 8.89. The summed E-state index contributed by atoms with van der Waals surface area (Å²) in [7, 11) is 0. The van der Waals surface area contributed by atoms with Crippen LogP contribution in [0.25, 0.3) is 0 Å². The van der Waals surface area contributed by atoms with Gasteiger partial charge in [0, 0.05) is 0 Å². The maximum absolute atomic E-state index is 10.5. The van der Waals surface area contributed by atoms with Crippen LogP contribution in [0.3, 0.4) is 0 Å². The summed E-state index contributed by atoms with van der Waals surface area (Å²) in [5.41, 5.74) is 0. The predicted molar refractivity (Wildman–Crippen MR) is 29.7 cm³/mol. The van der Waals surface area contributed by atoms with E-state index in [9.17, 15) is 4.79 Å². The van der Waals surface area contributed by atoms with Gasteiger partial charge >= 0.3 is 0 Å². The molecule has 0 atom stereocenters. The Morgan fingerprint density at radius 3 is 3.11 bits per heavy atom. The standard InChI is InChI=1S/C6H4NO2/c1-2-5(8)6-7-3-4-9-6/h1-4H. The van der Waals surface area contributed by atoms with Crippen LogP contribution < -0.4 is 0 Å². The molecule has 1 aromatic heterocycles. The number of carbonyl (C=O) groups excluding carboxylic acids is 1. The van der Waals surface area contributed by atoms with Crippen LogP contribution in [0.1, 0.15) is 10.7 Å². The van der Waals surface area contributed by atoms with Crippen molar-refractivity contribution in [2.45, 2.75) is 0 Å². The first kappa shape index (κ1) is 5.75. The van der Waals surface area contributed by atoms with Crippen molar-refractivity contribution in [2.75, 3.05) is 0 Å². The fourth-order valence-corrected chi connectivity index (χ4v) is 0.416. The van der Waals surface area contributed by atoms with Crippen LogP contribution >= 0.6 is 0 Å². The number of carbonyl (C=O) groups is 1. The molecule has 0 aliphatic carbocycles. The number of oxazole rings is 1. The van der Waals surface area contributed by atoms with Gasteiger partial charge in [-0.15, -0.1) is 0 Å². The summed E-state index contributed by atoms with van der Waals surface area (Å²) in [5, 5.41) is 0. The van der Waals surface area contributed by atoms with Crippen LogP contribution in [0, 0.1) is 6.58 Å². The second-order valence-corrected chi connectivity index (χ2v) is 1.37. The average molecular weight is 122 g/mol. The monoisotopic (exact) mass is 122 g/mol. The molecule has 0 saturated carbocycles. The van der Waals surface area contributed by atoms with Crippen LogP contribution in [0.5, 0.6) is 0 Å². The van der Waals surface area contributed by atoms with Crippen molar-refractivity contribution >= 4 is 5.78 Å². The zero-order chi connectivity index (χ0) is 6.69. The van der Waals surface area contributed by atoms with Gasteiger partial charge in [-0.25, -0.2) is 4.98 Å². The van der Waals surface area contributed by atoms with Gasteiger partial charge in [0.25, 0.3) is 5.89 Å². The molecule has 0 amide bonds. The molecule has 45 valence electrons. The molecule has 0 aliphatic rings. The lowest BCUT2D eigenvalue weighted by atomic mass is 10.4. The molecule has 1 heterocycles. The van der Waals surface area contributed by atoms with Crippen molar-refractivity contribution in [2.24, 2.45) is 0 Å². The third-order valence-corrected chi connectivity index (χ3v) is 0.794. The van der Waals surface area contributed by atoms with Crippen LogP contribution in [0.2, 0.25) is 0 Å². The van der Waals surface area contributed by atoms with E-state index >= 15 is 0 Å². The van der Waals surface area contributed by atoms with Crippen molar-refractivity contribution in [3.63, 3.8) is 0 Å². The summed E-state index contributed by atoms with van der Waals surface area (Å²) in [4.78, 5) is 14.1. The second kappa shape index (κ2) is 2.26. The smallest absolute Gasteiger partial charge is 0.267 e. The van der Waals surface area contributed by atoms with Gasteiger partial charge in [-0.3, -0.25) is 4.79 Å². The van der Waals surface area contributed by atoms with Gasteiger partial charge in [0.15, 0.2) is 0 Å². The molecule has 3 heteroatoms. The van der Waals surface area contributed by atoms with E-state index in [4.69, 9.17) is 6.58 Å². The van der Waals surface area contributed by atoms with Gasteiger partial charge in [0.05, 0.1) is 6.20 Å². The largest absolute Gasteiger partial charge is 0.442 e. The third-order valence-electron chi connectivity index (χ3n) is 0.794. The van der Waals surface area contributed by atoms with E-state index in [1.165, 1.54) is 12.5 Å². The van der Waals surface area contributed by atoms with Crippen molar-refractivity contribution < 1.29 is 9.21 Å². The number of aromatic nitrogens is 1. The first-order chi connectivity index (χ1) is 4.34. The maximum Gasteiger partial charge on any atom is 0.267 e. The lowest BCUT2D eigenvalue weighted by molar-refractivity contribution is 0.101. The Labute approximate surface area is 52.0 Å². The topological polar surface area (TPSA) is 43.1 Å². The first-order valence-corrected chi connectivity index (χ1v) is 2.33. The second-order valence-electron chi connectivity index (χ2n) is 1.37. The summed E-state index contributed by atoms with van der Waals surface area (Å²) in [6.45, 7) is 4.89. The number of allylic oxidation sites excluding steroid dienone is 1. The molecule has 0 spiro atoms. The number of ketones is 1. The lowest BCUT2D eigenvalue weighted by Crippen LogP contribution is -1.91. The molecule has 0 N–H and O–H groups in total. The van der Waals surface area contributed by atoms with Crippen LogP contribution in [-0.4, -0.2) is 10.8 Å². The van der Waals surface area contributed by atoms with Crippen molar-refractivity contribution in [1.82, 2.24) is 4.98 Å². The minimum atomic E-state index is -0.403. The molecular formula is C6H4NO2. The molecule has 0 fully saturated rings. The van der Waals surface area contributed by atoms with E-state index in [0.29, 0.717) is 0 Å². The van der Waals surface area contributed by atoms with Gasteiger partial charge in [-0.2, -0.15) is 0 Å². The first-order valence-electron chi connectivity index (χ1n) is 2.33. The zero-order valence-corrected chi connectivity index (χ0v) is 4.57. The number of hydrogen-bond acceptors (Lipinski definition) is 3. The molecule has 1 aromatic rings. The van der Waals surface area contributed by atoms with Gasteiger partial charge in [-0.05, 0) is 6.08 Å². The predicted octanol–water partition coefficient (Wildman–Crippen LogP) is 0.846. The van der Waals surface area contributed by atoms with Crippen LogP contribution in [-0.2, 0) is 0 Å². The summed E-state index contributed by atoms with van der Waals surface area (Å²) in [6.07, 6.45) is 3.61. The average Bonchev–Trinajstić information content (AvgIpc) is 2.37. The quantitative estimate of drug-likeness (QED) is 0.431. The van der Waals surface area contributed by atoms with E-state index in [1.54, 1.807) is 0 Å². The fourth-order valence-electron chi connectivity index (χ4n) is 0.416. The van der Waals surface area contributed by atoms with Crippen LogP contribution in [0.15, 0.2) is 23.0 Å². The van der Waals surface area contributed by atoms with E-state index in [2.05, 4.69) is 9.40 Å². The number of rotatable bonds is 2. The van der Waals surface area contributed by atoms with Gasteiger partial charge in [0.2, 0.25) is 5.78 Å². The Morgan fingerprint density at radius 2 is 2.67 bits per heavy atom. The van der Waals surface area contributed by atoms with Crippen LogP contribution in [0.4, 0.5) is 0 Å². The molecule has 1 rings (SSSR count). The maximum atomic E-state index is 10.5.